The first kappa shape index (κ1) is 33.6. The molecule has 4 aromatic carbocycles. The number of hydrogen-bond donors (Lipinski definition) is 1. The van der Waals surface area contributed by atoms with Gasteiger partial charge in [-0.3, -0.25) is 13.9 Å². The summed E-state index contributed by atoms with van der Waals surface area (Å²) in [6, 6.07) is 28.5. The normalized spacial score (nSPS) is 11.8. The van der Waals surface area contributed by atoms with Gasteiger partial charge in [0.1, 0.15) is 18.3 Å². The molecule has 0 fully saturated rings. The second-order valence-electron chi connectivity index (χ2n) is 10.7. The Labute approximate surface area is 270 Å². The average molecular weight is 648 g/mol. The van der Waals surface area contributed by atoms with Gasteiger partial charge in [-0.1, -0.05) is 84.8 Å². The van der Waals surface area contributed by atoms with Crippen molar-refractivity contribution in [3.63, 3.8) is 0 Å². The number of aryl methyl sites for hydroxylation is 1. The number of anilines is 1. The predicted octanol–water partition coefficient (Wildman–Crippen LogP) is 6.02. The quantitative estimate of drug-likeness (QED) is 0.181. The Morgan fingerprint density at radius 3 is 2.20 bits per heavy atom. The number of nitrogens with one attached hydrogen (secondary N) is 1. The van der Waals surface area contributed by atoms with Crippen LogP contribution in [0.3, 0.4) is 0 Å². The Kier molecular flexibility index (Phi) is 11.6. The number of sulfonamides is 1. The van der Waals surface area contributed by atoms with Crippen molar-refractivity contribution in [2.24, 2.45) is 0 Å². The fraction of sp³-hybridized carbons (Fsp3) is 0.257. The number of benzene rings is 4. The van der Waals surface area contributed by atoms with Crippen molar-refractivity contribution in [2.45, 2.75) is 44.2 Å². The molecule has 0 aromatic heterocycles. The maximum absolute atomic E-state index is 14.5. The molecule has 0 saturated heterocycles. The maximum Gasteiger partial charge on any atom is 0.264 e. The van der Waals surface area contributed by atoms with Crippen molar-refractivity contribution in [1.29, 1.82) is 0 Å². The van der Waals surface area contributed by atoms with Gasteiger partial charge >= 0.3 is 0 Å². The minimum absolute atomic E-state index is 0.0253. The molecule has 0 spiro atoms. The molecule has 0 saturated carbocycles. The minimum Gasteiger partial charge on any atom is -0.497 e. The van der Waals surface area contributed by atoms with Crippen LogP contribution in [0, 0.1) is 6.92 Å². The van der Waals surface area contributed by atoms with Crippen LogP contribution in [0.4, 0.5) is 5.69 Å². The summed E-state index contributed by atoms with van der Waals surface area (Å²) >= 11 is 6.29. The number of nitrogens with zero attached hydrogens (tertiary/aromatic N) is 2. The van der Waals surface area contributed by atoms with E-state index in [9.17, 15) is 18.0 Å². The van der Waals surface area contributed by atoms with Crippen molar-refractivity contribution < 1.29 is 22.7 Å². The van der Waals surface area contributed by atoms with E-state index in [1.165, 1.54) is 30.2 Å². The van der Waals surface area contributed by atoms with E-state index in [0.29, 0.717) is 17.3 Å². The number of hydrogen-bond acceptors (Lipinski definition) is 5. The van der Waals surface area contributed by atoms with Crippen molar-refractivity contribution in [3.8, 4) is 5.75 Å². The molecule has 45 heavy (non-hydrogen) atoms. The second kappa shape index (κ2) is 15.6. The summed E-state index contributed by atoms with van der Waals surface area (Å²) < 4.78 is 34.5. The minimum atomic E-state index is -4.25. The summed E-state index contributed by atoms with van der Waals surface area (Å²) in [5, 5.41) is 3.26. The number of carbonyl (C=O) groups excluding carboxylic acids is 2. The van der Waals surface area contributed by atoms with Gasteiger partial charge in [0.25, 0.3) is 10.0 Å². The lowest BCUT2D eigenvalue weighted by molar-refractivity contribution is -0.140. The van der Waals surface area contributed by atoms with E-state index in [2.05, 4.69) is 5.32 Å². The van der Waals surface area contributed by atoms with E-state index >= 15 is 0 Å². The Morgan fingerprint density at radius 1 is 0.889 bits per heavy atom. The summed E-state index contributed by atoms with van der Waals surface area (Å²) in [6.07, 6.45) is 0.967. The van der Waals surface area contributed by atoms with Crippen LogP contribution in [0.25, 0.3) is 0 Å². The standard InChI is InChI=1S/C35H38ClN3O5S/c1-4-21-37-35(41)33(22-27-9-6-5-7-10-27)38(24-28-15-13-26(2)14-16-28)34(40)25-39(30-12-8-11-29(36)23-30)45(42,43)32-19-17-31(44-3)18-20-32/h5-20,23,33H,4,21-22,24-25H2,1-3H3,(H,37,41)/t33-/m1/s1. The molecule has 0 radical (unpaired) electrons. The Morgan fingerprint density at radius 2 is 1.58 bits per heavy atom. The molecule has 10 heteroatoms. The maximum atomic E-state index is 14.5. The molecule has 236 valence electrons. The van der Waals surface area contributed by atoms with Gasteiger partial charge in [0.05, 0.1) is 17.7 Å². The molecule has 0 unspecified atom stereocenters. The Bertz CT molecular complexity index is 1680. The van der Waals surface area contributed by atoms with Crippen molar-refractivity contribution in [2.75, 3.05) is 24.5 Å². The van der Waals surface area contributed by atoms with Crippen LogP contribution < -0.4 is 14.4 Å². The zero-order valence-electron chi connectivity index (χ0n) is 25.6. The molecule has 0 aliphatic carbocycles. The lowest BCUT2D eigenvalue weighted by atomic mass is 10.0. The highest BCUT2D eigenvalue weighted by Crippen LogP contribution is 2.28. The lowest BCUT2D eigenvalue weighted by Crippen LogP contribution is -2.53. The number of carbonyl (C=O) groups is 2. The van der Waals surface area contributed by atoms with Crippen LogP contribution in [-0.2, 0) is 32.6 Å². The van der Waals surface area contributed by atoms with Crippen molar-refractivity contribution >= 4 is 39.1 Å². The number of methoxy groups -OCH3 is 1. The van der Waals surface area contributed by atoms with Crippen LogP contribution >= 0.6 is 11.6 Å². The first-order chi connectivity index (χ1) is 21.6. The molecule has 0 aliphatic rings. The Balaban J connectivity index is 1.79. The van der Waals surface area contributed by atoms with Crippen molar-refractivity contribution in [3.05, 3.63) is 125 Å². The van der Waals surface area contributed by atoms with Gasteiger partial charge in [-0.25, -0.2) is 8.42 Å². The van der Waals surface area contributed by atoms with Gasteiger partial charge in [-0.15, -0.1) is 0 Å². The van der Waals surface area contributed by atoms with Crippen LogP contribution in [0.5, 0.6) is 5.75 Å². The van der Waals surface area contributed by atoms with E-state index in [1.807, 2.05) is 68.4 Å². The summed E-state index contributed by atoms with van der Waals surface area (Å²) in [5.41, 5.74) is 2.95. The summed E-state index contributed by atoms with van der Waals surface area (Å²) in [6.45, 7) is 3.90. The van der Waals surface area contributed by atoms with Crippen molar-refractivity contribution in [1.82, 2.24) is 10.2 Å². The molecule has 0 heterocycles. The number of rotatable bonds is 14. The van der Waals surface area contributed by atoms with E-state index in [0.717, 1.165) is 27.4 Å². The summed E-state index contributed by atoms with van der Waals surface area (Å²) in [5.74, 6) is -0.362. The van der Waals surface area contributed by atoms with Gasteiger partial charge < -0.3 is 15.0 Å². The average Bonchev–Trinajstić information content (AvgIpc) is 3.05. The zero-order chi connectivity index (χ0) is 32.4. The highest BCUT2D eigenvalue weighted by Gasteiger charge is 2.34. The van der Waals surface area contributed by atoms with Gasteiger partial charge in [0, 0.05) is 24.5 Å². The Hall–Kier alpha value is -4.34. The van der Waals surface area contributed by atoms with Gasteiger partial charge in [0.2, 0.25) is 11.8 Å². The third kappa shape index (κ3) is 8.86. The molecular weight excluding hydrogens is 610 g/mol. The van der Waals surface area contributed by atoms with E-state index in [-0.39, 0.29) is 29.5 Å². The van der Waals surface area contributed by atoms with Gasteiger partial charge in [-0.2, -0.15) is 0 Å². The number of ether oxygens (including phenoxy) is 1. The fourth-order valence-electron chi connectivity index (χ4n) is 4.85. The van der Waals surface area contributed by atoms with Crippen LogP contribution in [0.15, 0.2) is 108 Å². The smallest absolute Gasteiger partial charge is 0.264 e. The lowest BCUT2D eigenvalue weighted by Gasteiger charge is -2.34. The van der Waals surface area contributed by atoms with Crippen LogP contribution in [-0.4, -0.2) is 51.4 Å². The molecule has 8 nitrogen and oxygen atoms in total. The molecule has 0 aliphatic heterocycles. The highest BCUT2D eigenvalue weighted by molar-refractivity contribution is 7.92. The summed E-state index contributed by atoms with van der Waals surface area (Å²) in [7, 11) is -2.76. The van der Waals surface area contributed by atoms with Crippen LogP contribution in [0.2, 0.25) is 5.02 Å². The first-order valence-corrected chi connectivity index (χ1v) is 16.5. The third-order valence-electron chi connectivity index (χ3n) is 7.32. The zero-order valence-corrected chi connectivity index (χ0v) is 27.2. The molecule has 4 rings (SSSR count). The van der Waals surface area contributed by atoms with E-state index in [1.54, 1.807) is 30.3 Å². The topological polar surface area (TPSA) is 96.0 Å². The number of amides is 2. The SMILES string of the molecule is CCCNC(=O)[C@@H](Cc1ccccc1)N(Cc1ccc(C)cc1)C(=O)CN(c1cccc(Cl)c1)S(=O)(=O)c1ccc(OC)cc1. The van der Waals surface area contributed by atoms with Gasteiger partial charge in [-0.05, 0) is 66.9 Å². The molecular formula is C35H38ClN3O5S. The fourth-order valence-corrected chi connectivity index (χ4v) is 6.44. The summed E-state index contributed by atoms with van der Waals surface area (Å²) in [4.78, 5) is 29.6. The molecule has 1 N–H and O–H groups in total. The predicted molar refractivity (Wildman–Crippen MR) is 178 cm³/mol. The second-order valence-corrected chi connectivity index (χ2v) is 13.0. The first-order valence-electron chi connectivity index (χ1n) is 14.7. The van der Waals surface area contributed by atoms with Gasteiger partial charge in [0.15, 0.2) is 0 Å². The number of halogens is 1. The third-order valence-corrected chi connectivity index (χ3v) is 9.34. The van der Waals surface area contributed by atoms with Crippen LogP contribution in [0.1, 0.15) is 30.0 Å². The molecule has 4 aromatic rings. The van der Waals surface area contributed by atoms with E-state index in [4.69, 9.17) is 16.3 Å². The molecule has 0 bridgehead atoms. The van der Waals surface area contributed by atoms with E-state index < -0.39 is 28.5 Å². The largest absolute Gasteiger partial charge is 0.497 e. The highest BCUT2D eigenvalue weighted by atomic mass is 35.5. The molecule has 1 atom stereocenters. The monoisotopic (exact) mass is 647 g/mol. The molecule has 2 amide bonds.